The number of rotatable bonds is 10. The van der Waals surface area contributed by atoms with Crippen molar-refractivity contribution < 1.29 is 23.7 Å². The molecule has 3 aromatic heterocycles. The molecule has 5 rings (SSSR count). The molecule has 45 heavy (non-hydrogen) atoms. The fraction of sp³-hybridized carbons (Fsp3) is 0.294. The van der Waals surface area contributed by atoms with Crippen molar-refractivity contribution in [3.63, 3.8) is 0 Å². The van der Waals surface area contributed by atoms with Crippen LogP contribution in [0.25, 0.3) is 21.8 Å². The van der Waals surface area contributed by atoms with Crippen LogP contribution in [0.2, 0.25) is 0 Å². The van der Waals surface area contributed by atoms with Gasteiger partial charge >= 0.3 is 5.97 Å². The lowest BCUT2D eigenvalue weighted by molar-refractivity contribution is -0.645. The van der Waals surface area contributed by atoms with E-state index in [9.17, 15) is 14.4 Å². The molecule has 0 saturated heterocycles. The average molecular weight is 611 g/mol. The third-order valence-corrected chi connectivity index (χ3v) is 7.92. The van der Waals surface area contributed by atoms with E-state index in [0.717, 1.165) is 33.2 Å². The third kappa shape index (κ3) is 6.62. The maximum atomic E-state index is 13.0. The number of ether oxygens (including phenoxy) is 1. The number of hydrogen-bond donors (Lipinski definition) is 2. The molecule has 234 valence electrons. The van der Waals surface area contributed by atoms with Crippen LogP contribution in [0.5, 0.6) is 0 Å². The van der Waals surface area contributed by atoms with Gasteiger partial charge in [-0.05, 0) is 42.5 Å². The number of nitrogens with zero attached hydrogens (tertiary/aromatic N) is 5. The first kappa shape index (κ1) is 31.1. The Bertz CT molecular complexity index is 1850. The van der Waals surface area contributed by atoms with Gasteiger partial charge in [0.2, 0.25) is 16.9 Å². The monoisotopic (exact) mass is 610 g/mol. The van der Waals surface area contributed by atoms with Crippen molar-refractivity contribution >= 4 is 62.3 Å². The van der Waals surface area contributed by atoms with Gasteiger partial charge in [-0.3, -0.25) is 9.59 Å². The summed E-state index contributed by atoms with van der Waals surface area (Å²) in [6, 6.07) is 18.3. The molecule has 0 spiro atoms. The Morgan fingerprint density at radius 3 is 1.84 bits per heavy atom. The molecule has 11 nitrogen and oxygen atoms in total. The Morgan fingerprint density at radius 2 is 1.29 bits per heavy atom. The number of anilines is 4. The van der Waals surface area contributed by atoms with E-state index in [1.165, 1.54) is 7.11 Å². The maximum absolute atomic E-state index is 13.0. The van der Waals surface area contributed by atoms with Gasteiger partial charge in [-0.25, -0.2) is 4.79 Å². The first-order valence-corrected chi connectivity index (χ1v) is 14.7. The van der Waals surface area contributed by atoms with Crippen LogP contribution < -0.4 is 25.0 Å². The molecule has 2 aromatic carbocycles. The minimum absolute atomic E-state index is 0.133. The smallest absolute Gasteiger partial charge is 0.354 e. The van der Waals surface area contributed by atoms with Crippen LogP contribution in [-0.2, 0) is 30.2 Å². The largest absolute Gasteiger partial charge is 0.464 e. The molecule has 0 atom stereocenters. The first-order chi connectivity index (χ1) is 21.4. The Hall–Kier alpha value is -5.32. The van der Waals surface area contributed by atoms with Gasteiger partial charge in [0.25, 0.3) is 5.91 Å². The fourth-order valence-corrected chi connectivity index (χ4v) is 5.49. The fourth-order valence-electron chi connectivity index (χ4n) is 5.49. The lowest BCUT2D eigenvalue weighted by Gasteiger charge is -2.15. The van der Waals surface area contributed by atoms with Gasteiger partial charge in [-0.15, -0.1) is 0 Å². The normalized spacial score (nSPS) is 11.1. The second-order valence-corrected chi connectivity index (χ2v) is 11.6. The molecule has 0 aliphatic heterocycles. The second kappa shape index (κ2) is 12.7. The summed E-state index contributed by atoms with van der Waals surface area (Å²) in [5, 5.41) is 8.02. The summed E-state index contributed by atoms with van der Waals surface area (Å²) in [6.07, 6.45) is 4.27. The number of amides is 2. The minimum atomic E-state index is -0.495. The highest BCUT2D eigenvalue weighted by molar-refractivity contribution is 6.05. The van der Waals surface area contributed by atoms with E-state index in [4.69, 9.17) is 4.74 Å². The summed E-state index contributed by atoms with van der Waals surface area (Å²) in [5.74, 6) is -0.995. The summed E-state index contributed by atoms with van der Waals surface area (Å²) in [6.45, 7) is 0.655. The van der Waals surface area contributed by atoms with Crippen LogP contribution in [0.4, 0.5) is 22.7 Å². The number of esters is 1. The van der Waals surface area contributed by atoms with Crippen molar-refractivity contribution in [2.24, 2.45) is 14.1 Å². The molecule has 0 fully saturated rings. The molecule has 3 heterocycles. The van der Waals surface area contributed by atoms with Crippen molar-refractivity contribution in [2.45, 2.75) is 19.4 Å². The Morgan fingerprint density at radius 1 is 0.756 bits per heavy atom. The summed E-state index contributed by atoms with van der Waals surface area (Å²) >= 11 is 0. The molecule has 2 N–H and O–H groups in total. The molecule has 5 aromatic rings. The molecular weight excluding hydrogens is 570 g/mol. The second-order valence-electron chi connectivity index (χ2n) is 11.6. The number of aromatic nitrogens is 3. The summed E-state index contributed by atoms with van der Waals surface area (Å²) in [5.41, 5.74) is 6.11. The molecule has 0 radical (unpaired) electrons. The number of hydrogen-bond acceptors (Lipinski definition) is 6. The zero-order valence-corrected chi connectivity index (χ0v) is 26.8. The predicted molar refractivity (Wildman–Crippen MR) is 178 cm³/mol. The van der Waals surface area contributed by atoms with Crippen LogP contribution in [0.3, 0.4) is 0 Å². The topological polar surface area (TPSA) is 105 Å². The Labute approximate surface area is 262 Å². The minimum Gasteiger partial charge on any atom is -0.464 e. The van der Waals surface area contributed by atoms with Gasteiger partial charge in [0.1, 0.15) is 17.9 Å². The molecule has 0 unspecified atom stereocenters. The average Bonchev–Trinajstić information content (AvgIpc) is 3.56. The lowest BCUT2D eigenvalue weighted by atomic mass is 10.1. The highest BCUT2D eigenvalue weighted by Gasteiger charge is 2.20. The van der Waals surface area contributed by atoms with Gasteiger partial charge in [0.15, 0.2) is 0 Å². The molecule has 0 aliphatic carbocycles. The van der Waals surface area contributed by atoms with E-state index >= 15 is 0 Å². The van der Waals surface area contributed by atoms with E-state index in [1.54, 1.807) is 47.8 Å². The van der Waals surface area contributed by atoms with Crippen molar-refractivity contribution in [1.82, 2.24) is 9.13 Å². The summed E-state index contributed by atoms with van der Waals surface area (Å²) in [7, 11) is 12.9. The number of methoxy groups -OCH3 is 1. The van der Waals surface area contributed by atoms with Crippen molar-refractivity contribution in [1.29, 1.82) is 0 Å². The number of fused-ring (bicyclic) bond motifs is 2. The van der Waals surface area contributed by atoms with Gasteiger partial charge < -0.3 is 34.3 Å². The van der Waals surface area contributed by atoms with Crippen LogP contribution in [-0.4, -0.2) is 62.2 Å². The van der Waals surface area contributed by atoms with Crippen LogP contribution in [0.1, 0.15) is 33.8 Å². The number of carbonyl (C=O) groups is 3. The summed E-state index contributed by atoms with van der Waals surface area (Å²) in [4.78, 5) is 42.1. The molecule has 11 heteroatoms. The molecule has 0 aliphatic rings. The van der Waals surface area contributed by atoms with Crippen LogP contribution in [0.15, 0.2) is 67.0 Å². The van der Waals surface area contributed by atoms with Crippen LogP contribution in [0, 0.1) is 0 Å². The SMILES string of the molecule is COC(=O)c1cc(NC(=O)c2cc(NC(=O)CCC[n+]3c4cc(N(C)C)ccc4cc4ccc(N(C)C)cc43)cn2C)cn1C. The van der Waals surface area contributed by atoms with E-state index in [-0.39, 0.29) is 11.8 Å². The van der Waals surface area contributed by atoms with Crippen molar-refractivity contribution in [2.75, 3.05) is 55.7 Å². The standard InChI is InChI=1S/C34H39N7O4/c1-37(2)26-12-10-22-15-23-11-13-27(38(3)4)19-29(23)41(28(22)18-26)14-8-9-32(42)35-24-16-30(39(5)20-24)33(43)36-25-17-31(34(44)45-7)40(6)21-25/h10-13,15-21H,8-9,14H2,1-7H3,(H-,35,36,42,43)/p+1. The third-order valence-electron chi connectivity index (χ3n) is 7.92. The van der Waals surface area contributed by atoms with Crippen LogP contribution >= 0.6 is 0 Å². The number of carbonyl (C=O) groups excluding carboxylic acids is 3. The van der Waals surface area contributed by atoms with Gasteiger partial charge in [0, 0.05) is 102 Å². The van der Waals surface area contributed by atoms with E-state index in [1.807, 2.05) is 28.2 Å². The van der Waals surface area contributed by atoms with Gasteiger partial charge in [-0.1, -0.05) is 0 Å². The molecule has 2 amide bonds. The highest BCUT2D eigenvalue weighted by atomic mass is 16.5. The lowest BCUT2D eigenvalue weighted by Crippen LogP contribution is -2.36. The highest BCUT2D eigenvalue weighted by Crippen LogP contribution is 2.26. The number of benzene rings is 2. The maximum Gasteiger partial charge on any atom is 0.354 e. The van der Waals surface area contributed by atoms with E-state index in [2.05, 4.69) is 67.5 Å². The van der Waals surface area contributed by atoms with Gasteiger partial charge in [0.05, 0.1) is 18.5 Å². The van der Waals surface area contributed by atoms with E-state index < -0.39 is 5.97 Å². The molecule has 0 bridgehead atoms. The van der Waals surface area contributed by atoms with Gasteiger partial charge in [-0.2, -0.15) is 4.57 Å². The zero-order chi connectivity index (χ0) is 32.4. The number of pyridine rings is 1. The Balaban J connectivity index is 1.29. The number of nitrogens with one attached hydrogen (secondary N) is 2. The number of aryl methyl sites for hydroxylation is 3. The van der Waals surface area contributed by atoms with E-state index in [0.29, 0.717) is 42.1 Å². The summed E-state index contributed by atoms with van der Waals surface area (Å²) < 4.78 is 10.3. The first-order valence-electron chi connectivity index (χ1n) is 14.7. The van der Waals surface area contributed by atoms with Crippen molar-refractivity contribution in [3.05, 3.63) is 78.4 Å². The predicted octanol–water partition coefficient (Wildman–Crippen LogP) is 4.55. The zero-order valence-electron chi connectivity index (χ0n) is 26.8. The molecular formula is C34H40N7O4+. The van der Waals surface area contributed by atoms with Crippen molar-refractivity contribution in [3.8, 4) is 0 Å². The Kier molecular flexibility index (Phi) is 8.80. The molecule has 0 saturated carbocycles. The quantitative estimate of drug-likeness (QED) is 0.137.